The van der Waals surface area contributed by atoms with E-state index >= 15 is 0 Å². The lowest BCUT2D eigenvalue weighted by molar-refractivity contribution is -0.138. The number of halogens is 3. The Bertz CT molecular complexity index is 1100. The van der Waals surface area contributed by atoms with Gasteiger partial charge in [0, 0.05) is 55.6 Å². The van der Waals surface area contributed by atoms with Gasteiger partial charge in [0.2, 0.25) is 11.9 Å². The topological polar surface area (TPSA) is 99.2 Å². The molecule has 11 heteroatoms. The second kappa shape index (κ2) is 11.5. The summed E-state index contributed by atoms with van der Waals surface area (Å²) in [6.45, 7) is 6.51. The molecule has 200 valence electrons. The number of amides is 2. The lowest BCUT2D eigenvalue weighted by Crippen LogP contribution is -2.46. The van der Waals surface area contributed by atoms with Gasteiger partial charge in [0.05, 0.1) is 11.3 Å². The van der Waals surface area contributed by atoms with Crippen molar-refractivity contribution in [1.82, 2.24) is 25.5 Å². The Balaban J connectivity index is 1.50. The summed E-state index contributed by atoms with van der Waals surface area (Å²) < 4.78 is 41.3. The molecule has 0 bridgehead atoms. The Kier molecular flexibility index (Phi) is 8.31. The van der Waals surface area contributed by atoms with Crippen molar-refractivity contribution in [2.75, 3.05) is 31.5 Å². The molecule has 2 aliphatic rings. The summed E-state index contributed by atoms with van der Waals surface area (Å²) in [6, 6.07) is 6.68. The SMILES string of the molecule is CC(C)NC(=O)[C@H]1CCC[C@H]1Cc1nc(Nc2ccc(C(=O)N3CCNCC3)cc2)ncc1C(F)(F)F. The van der Waals surface area contributed by atoms with E-state index < -0.39 is 11.7 Å². The molecule has 4 rings (SSSR count). The summed E-state index contributed by atoms with van der Waals surface area (Å²) in [4.78, 5) is 35.2. The van der Waals surface area contributed by atoms with Gasteiger partial charge in [0.15, 0.2) is 0 Å². The van der Waals surface area contributed by atoms with Crippen LogP contribution in [0.2, 0.25) is 0 Å². The molecule has 1 saturated heterocycles. The van der Waals surface area contributed by atoms with Gasteiger partial charge in [-0.3, -0.25) is 9.59 Å². The fraction of sp³-hybridized carbons (Fsp3) is 0.538. The van der Waals surface area contributed by atoms with Gasteiger partial charge in [-0.2, -0.15) is 13.2 Å². The van der Waals surface area contributed by atoms with Crippen LogP contribution in [-0.2, 0) is 17.4 Å². The van der Waals surface area contributed by atoms with Gasteiger partial charge >= 0.3 is 6.18 Å². The number of piperazine rings is 1. The molecule has 2 fully saturated rings. The van der Waals surface area contributed by atoms with Crippen molar-refractivity contribution in [3.05, 3.63) is 47.3 Å². The molecule has 2 heterocycles. The number of anilines is 2. The number of aromatic nitrogens is 2. The molecule has 2 atom stereocenters. The zero-order valence-electron chi connectivity index (χ0n) is 21.1. The molecular weight excluding hydrogens is 485 g/mol. The number of nitrogens with zero attached hydrogens (tertiary/aromatic N) is 3. The number of benzene rings is 1. The molecule has 1 aliphatic carbocycles. The standard InChI is InChI=1S/C26H33F3N6O2/c1-16(2)32-23(36)20-5-3-4-18(20)14-22-21(26(27,28)29)15-31-25(34-22)33-19-8-6-17(7-9-19)24(37)35-12-10-30-11-13-35/h6-9,15-16,18,20,30H,3-5,10-14H2,1-2H3,(H,32,36)(H,31,33,34)/t18-,20-/m0/s1. The first kappa shape index (κ1) is 26.8. The Hall–Kier alpha value is -3.21. The minimum Gasteiger partial charge on any atom is -0.354 e. The average Bonchev–Trinajstić information content (AvgIpc) is 3.32. The number of nitrogens with one attached hydrogen (secondary N) is 3. The fourth-order valence-corrected chi connectivity index (χ4v) is 5.01. The second-order valence-electron chi connectivity index (χ2n) is 9.96. The van der Waals surface area contributed by atoms with Crippen LogP contribution in [0.1, 0.15) is 54.7 Å². The Morgan fingerprint density at radius 3 is 2.49 bits per heavy atom. The number of carbonyl (C=O) groups is 2. The number of hydrogen-bond donors (Lipinski definition) is 3. The Morgan fingerprint density at radius 2 is 1.84 bits per heavy atom. The average molecular weight is 519 g/mol. The van der Waals surface area contributed by atoms with Gasteiger partial charge < -0.3 is 20.9 Å². The minimum atomic E-state index is -4.60. The maximum Gasteiger partial charge on any atom is 0.419 e. The smallest absolute Gasteiger partial charge is 0.354 e. The maximum atomic E-state index is 13.8. The number of alkyl halides is 3. The molecule has 0 radical (unpaired) electrons. The van der Waals surface area contributed by atoms with Crippen molar-refractivity contribution in [3.63, 3.8) is 0 Å². The van der Waals surface area contributed by atoms with E-state index in [0.29, 0.717) is 37.2 Å². The highest BCUT2D eigenvalue weighted by Gasteiger charge is 2.39. The summed E-state index contributed by atoms with van der Waals surface area (Å²) >= 11 is 0. The van der Waals surface area contributed by atoms with Crippen LogP contribution in [0.15, 0.2) is 30.5 Å². The first-order valence-corrected chi connectivity index (χ1v) is 12.7. The molecule has 1 aromatic heterocycles. The largest absolute Gasteiger partial charge is 0.419 e. The third-order valence-corrected chi connectivity index (χ3v) is 6.85. The van der Waals surface area contributed by atoms with Gasteiger partial charge in [-0.25, -0.2) is 9.97 Å². The van der Waals surface area contributed by atoms with Gasteiger partial charge in [0.1, 0.15) is 0 Å². The quantitative estimate of drug-likeness (QED) is 0.516. The normalized spacial score (nSPS) is 20.2. The summed E-state index contributed by atoms with van der Waals surface area (Å²) in [6.07, 6.45) is -1.65. The van der Waals surface area contributed by atoms with Crippen molar-refractivity contribution in [3.8, 4) is 0 Å². The molecule has 37 heavy (non-hydrogen) atoms. The van der Waals surface area contributed by atoms with Crippen LogP contribution < -0.4 is 16.0 Å². The predicted molar refractivity (Wildman–Crippen MR) is 133 cm³/mol. The van der Waals surface area contributed by atoms with E-state index in [1.807, 2.05) is 13.8 Å². The van der Waals surface area contributed by atoms with E-state index in [1.165, 1.54) is 0 Å². The number of rotatable bonds is 7. The van der Waals surface area contributed by atoms with Gasteiger partial charge in [-0.1, -0.05) is 6.42 Å². The van der Waals surface area contributed by atoms with E-state index in [-0.39, 0.29) is 47.8 Å². The van der Waals surface area contributed by atoms with Gasteiger partial charge in [-0.05, 0) is 63.3 Å². The van der Waals surface area contributed by atoms with Crippen LogP contribution in [-0.4, -0.2) is 58.9 Å². The third kappa shape index (κ3) is 6.76. The number of hydrogen-bond acceptors (Lipinski definition) is 6. The van der Waals surface area contributed by atoms with Crippen molar-refractivity contribution in [2.24, 2.45) is 11.8 Å². The summed E-state index contributed by atoms with van der Waals surface area (Å²) in [5.74, 6) is -0.707. The van der Waals surface area contributed by atoms with E-state index in [4.69, 9.17) is 0 Å². The van der Waals surface area contributed by atoms with Gasteiger partial charge in [0.25, 0.3) is 5.91 Å². The van der Waals surface area contributed by atoms with E-state index in [0.717, 1.165) is 25.7 Å². The molecule has 8 nitrogen and oxygen atoms in total. The van der Waals surface area contributed by atoms with Crippen LogP contribution in [0.4, 0.5) is 24.8 Å². The maximum absolute atomic E-state index is 13.8. The Morgan fingerprint density at radius 1 is 1.14 bits per heavy atom. The van der Waals surface area contributed by atoms with Crippen molar-refractivity contribution in [2.45, 2.75) is 51.7 Å². The zero-order valence-corrected chi connectivity index (χ0v) is 21.1. The molecule has 2 aromatic rings. The molecule has 2 amide bonds. The van der Waals surface area contributed by atoms with Crippen molar-refractivity contribution >= 4 is 23.5 Å². The molecule has 1 aromatic carbocycles. The van der Waals surface area contributed by atoms with Crippen molar-refractivity contribution < 1.29 is 22.8 Å². The molecule has 1 aliphatic heterocycles. The molecule has 0 spiro atoms. The summed E-state index contributed by atoms with van der Waals surface area (Å²) in [5, 5.41) is 9.04. The molecule has 3 N–H and O–H groups in total. The molecule has 0 unspecified atom stereocenters. The lowest BCUT2D eigenvalue weighted by Gasteiger charge is -2.27. The van der Waals surface area contributed by atoms with Crippen LogP contribution in [0.3, 0.4) is 0 Å². The lowest BCUT2D eigenvalue weighted by atomic mass is 9.89. The van der Waals surface area contributed by atoms with E-state index in [1.54, 1.807) is 29.2 Å². The third-order valence-electron chi connectivity index (χ3n) is 6.85. The molecular formula is C26H33F3N6O2. The minimum absolute atomic E-state index is 0.0327. The molecule has 1 saturated carbocycles. The first-order valence-electron chi connectivity index (χ1n) is 12.7. The van der Waals surface area contributed by atoms with Crippen LogP contribution in [0.5, 0.6) is 0 Å². The highest BCUT2D eigenvalue weighted by molar-refractivity contribution is 5.94. The second-order valence-corrected chi connectivity index (χ2v) is 9.96. The Labute approximate surface area is 214 Å². The van der Waals surface area contributed by atoms with E-state index in [9.17, 15) is 22.8 Å². The van der Waals surface area contributed by atoms with Crippen LogP contribution in [0.25, 0.3) is 0 Å². The number of carbonyl (C=O) groups excluding carboxylic acids is 2. The summed E-state index contributed by atoms with van der Waals surface area (Å²) in [5.41, 5.74) is 0.0840. The monoisotopic (exact) mass is 518 g/mol. The van der Waals surface area contributed by atoms with Crippen molar-refractivity contribution in [1.29, 1.82) is 0 Å². The van der Waals surface area contributed by atoms with E-state index in [2.05, 4.69) is 25.9 Å². The zero-order chi connectivity index (χ0) is 26.6. The fourth-order valence-electron chi connectivity index (χ4n) is 5.01. The highest BCUT2D eigenvalue weighted by atomic mass is 19.4. The summed E-state index contributed by atoms with van der Waals surface area (Å²) in [7, 11) is 0. The first-order chi connectivity index (χ1) is 17.6. The van der Waals surface area contributed by atoms with Crippen LogP contribution >= 0.6 is 0 Å². The van der Waals surface area contributed by atoms with Gasteiger partial charge in [-0.15, -0.1) is 0 Å². The predicted octanol–water partition coefficient (Wildman–Crippen LogP) is 3.77. The highest BCUT2D eigenvalue weighted by Crippen LogP contribution is 2.38. The van der Waals surface area contributed by atoms with Crippen LogP contribution in [0, 0.1) is 11.8 Å².